The van der Waals surface area contributed by atoms with E-state index in [0.29, 0.717) is 5.92 Å². The van der Waals surface area contributed by atoms with Gasteiger partial charge in [0.1, 0.15) is 11.6 Å². The molecule has 1 N–H and O–H groups in total. The maximum atomic E-state index is 10.8. The Balaban J connectivity index is 1.70. The highest BCUT2D eigenvalue weighted by Gasteiger charge is 2.19. The Morgan fingerprint density at radius 1 is 1.18 bits per heavy atom. The van der Waals surface area contributed by atoms with Crippen molar-refractivity contribution in [2.24, 2.45) is 0 Å². The Morgan fingerprint density at radius 2 is 2.00 bits per heavy atom. The lowest BCUT2D eigenvalue weighted by molar-refractivity contribution is -0.119. The van der Waals surface area contributed by atoms with E-state index < -0.39 is 0 Å². The monoisotopic (exact) mass is 296 g/mol. The van der Waals surface area contributed by atoms with E-state index in [1.165, 1.54) is 5.56 Å². The van der Waals surface area contributed by atoms with Gasteiger partial charge in [0, 0.05) is 25.5 Å². The van der Waals surface area contributed by atoms with Crippen LogP contribution < -0.4 is 5.32 Å². The second-order valence-electron chi connectivity index (χ2n) is 5.74. The Hall–Kier alpha value is -2.43. The Morgan fingerprint density at radius 3 is 2.68 bits per heavy atom. The molecule has 22 heavy (non-hydrogen) atoms. The SMILES string of the molecule is Cc1ccc(Nc2cc(C3CCN(C=O)CC3)ccn2)nc1. The molecule has 2 aromatic heterocycles. The summed E-state index contributed by atoms with van der Waals surface area (Å²) in [7, 11) is 0. The molecule has 1 aliphatic heterocycles. The molecule has 0 bridgehead atoms. The number of likely N-dealkylation sites (tertiary alicyclic amines) is 1. The molecule has 2 aromatic rings. The second-order valence-corrected chi connectivity index (χ2v) is 5.74. The lowest BCUT2D eigenvalue weighted by atomic mass is 9.90. The zero-order chi connectivity index (χ0) is 15.4. The van der Waals surface area contributed by atoms with E-state index in [-0.39, 0.29) is 0 Å². The molecule has 0 atom stereocenters. The molecule has 1 saturated heterocycles. The predicted molar refractivity (Wildman–Crippen MR) is 86.1 cm³/mol. The number of carbonyl (C=O) groups excluding carboxylic acids is 1. The van der Waals surface area contributed by atoms with Gasteiger partial charge in [0.25, 0.3) is 0 Å². The van der Waals surface area contributed by atoms with Crippen molar-refractivity contribution in [3.63, 3.8) is 0 Å². The first-order chi connectivity index (χ1) is 10.7. The number of amides is 1. The van der Waals surface area contributed by atoms with Crippen LogP contribution in [0.5, 0.6) is 0 Å². The van der Waals surface area contributed by atoms with Crippen molar-refractivity contribution >= 4 is 18.0 Å². The number of nitrogens with zero attached hydrogens (tertiary/aromatic N) is 3. The maximum Gasteiger partial charge on any atom is 0.209 e. The van der Waals surface area contributed by atoms with E-state index in [0.717, 1.165) is 49.5 Å². The molecule has 1 fully saturated rings. The Bertz CT molecular complexity index is 633. The van der Waals surface area contributed by atoms with Crippen molar-refractivity contribution in [2.45, 2.75) is 25.7 Å². The number of aryl methyl sites for hydroxylation is 1. The average molecular weight is 296 g/mol. The molecule has 0 unspecified atom stereocenters. The Labute approximate surface area is 130 Å². The highest BCUT2D eigenvalue weighted by Crippen LogP contribution is 2.28. The molecule has 0 aliphatic carbocycles. The number of anilines is 2. The van der Waals surface area contributed by atoms with Crippen molar-refractivity contribution in [3.8, 4) is 0 Å². The van der Waals surface area contributed by atoms with Gasteiger partial charge in [-0.1, -0.05) is 6.07 Å². The van der Waals surface area contributed by atoms with E-state index >= 15 is 0 Å². The van der Waals surface area contributed by atoms with Gasteiger partial charge in [0.2, 0.25) is 6.41 Å². The summed E-state index contributed by atoms with van der Waals surface area (Å²) in [5, 5.41) is 3.24. The molecule has 0 spiro atoms. The minimum Gasteiger partial charge on any atom is -0.345 e. The second kappa shape index (κ2) is 6.56. The van der Waals surface area contributed by atoms with E-state index in [4.69, 9.17) is 0 Å². The molecular formula is C17H20N4O. The van der Waals surface area contributed by atoms with Crippen LogP contribution in [0.15, 0.2) is 36.7 Å². The fourth-order valence-electron chi connectivity index (χ4n) is 2.78. The summed E-state index contributed by atoms with van der Waals surface area (Å²) in [6.45, 7) is 3.68. The van der Waals surface area contributed by atoms with Crippen LogP contribution in [0.4, 0.5) is 11.6 Å². The van der Waals surface area contributed by atoms with Gasteiger partial charge in [-0.3, -0.25) is 4.79 Å². The minimum atomic E-state index is 0.491. The molecule has 5 heteroatoms. The molecule has 0 saturated carbocycles. The third kappa shape index (κ3) is 3.42. The van der Waals surface area contributed by atoms with Crippen LogP contribution in [-0.4, -0.2) is 34.4 Å². The van der Waals surface area contributed by atoms with Gasteiger partial charge in [-0.2, -0.15) is 0 Å². The lowest BCUT2D eigenvalue weighted by Crippen LogP contribution is -2.31. The standard InChI is InChI=1S/C17H20N4O/c1-13-2-3-16(19-11-13)20-17-10-15(4-7-18-17)14-5-8-21(12-22)9-6-14/h2-4,7,10-12,14H,5-6,8-9H2,1H3,(H,18,19,20). The third-order valence-corrected chi connectivity index (χ3v) is 4.10. The topological polar surface area (TPSA) is 58.1 Å². The van der Waals surface area contributed by atoms with Gasteiger partial charge in [-0.15, -0.1) is 0 Å². The highest BCUT2D eigenvalue weighted by atomic mass is 16.1. The van der Waals surface area contributed by atoms with E-state index in [1.54, 1.807) is 0 Å². The number of rotatable bonds is 4. The summed E-state index contributed by atoms with van der Waals surface area (Å²) in [4.78, 5) is 21.3. The fourth-order valence-corrected chi connectivity index (χ4v) is 2.78. The third-order valence-electron chi connectivity index (χ3n) is 4.10. The van der Waals surface area contributed by atoms with Crippen LogP contribution >= 0.6 is 0 Å². The van der Waals surface area contributed by atoms with Crippen molar-refractivity contribution in [3.05, 3.63) is 47.8 Å². The van der Waals surface area contributed by atoms with Gasteiger partial charge >= 0.3 is 0 Å². The zero-order valence-corrected chi connectivity index (χ0v) is 12.7. The number of pyridine rings is 2. The summed E-state index contributed by atoms with van der Waals surface area (Å²) < 4.78 is 0. The number of carbonyl (C=O) groups is 1. The van der Waals surface area contributed by atoms with Gasteiger partial charge in [0.05, 0.1) is 0 Å². The molecule has 1 aliphatic rings. The summed E-state index contributed by atoms with van der Waals surface area (Å²) in [6.07, 6.45) is 6.62. The van der Waals surface area contributed by atoms with Gasteiger partial charge < -0.3 is 10.2 Å². The molecule has 114 valence electrons. The first-order valence-electron chi connectivity index (χ1n) is 7.59. The van der Waals surface area contributed by atoms with Crippen LogP contribution in [0.25, 0.3) is 0 Å². The first kappa shape index (κ1) is 14.5. The number of nitrogens with one attached hydrogen (secondary N) is 1. The van der Waals surface area contributed by atoms with E-state index in [2.05, 4.69) is 27.4 Å². The maximum absolute atomic E-state index is 10.8. The number of piperidine rings is 1. The smallest absolute Gasteiger partial charge is 0.209 e. The summed E-state index contributed by atoms with van der Waals surface area (Å²) >= 11 is 0. The minimum absolute atomic E-state index is 0.491. The van der Waals surface area contributed by atoms with Gasteiger partial charge in [0.15, 0.2) is 0 Å². The summed E-state index contributed by atoms with van der Waals surface area (Å²) in [5.41, 5.74) is 2.41. The quantitative estimate of drug-likeness (QED) is 0.881. The molecule has 0 aromatic carbocycles. The van der Waals surface area contributed by atoms with E-state index in [1.807, 2.05) is 36.4 Å². The molecular weight excluding hydrogens is 276 g/mol. The van der Waals surface area contributed by atoms with Crippen LogP contribution in [0, 0.1) is 6.92 Å². The zero-order valence-electron chi connectivity index (χ0n) is 12.7. The predicted octanol–water partition coefficient (Wildman–Crippen LogP) is 2.86. The molecule has 1 amide bonds. The number of aromatic nitrogens is 2. The summed E-state index contributed by atoms with van der Waals surface area (Å²) in [5.74, 6) is 2.10. The summed E-state index contributed by atoms with van der Waals surface area (Å²) in [6, 6.07) is 8.12. The molecule has 3 rings (SSSR count). The van der Waals surface area contributed by atoms with Crippen LogP contribution in [0.1, 0.15) is 29.9 Å². The lowest BCUT2D eigenvalue weighted by Gasteiger charge is -2.29. The molecule has 3 heterocycles. The largest absolute Gasteiger partial charge is 0.345 e. The van der Waals surface area contributed by atoms with Crippen molar-refractivity contribution in [1.82, 2.24) is 14.9 Å². The van der Waals surface area contributed by atoms with Crippen molar-refractivity contribution in [2.75, 3.05) is 18.4 Å². The first-order valence-corrected chi connectivity index (χ1v) is 7.59. The number of hydrogen-bond acceptors (Lipinski definition) is 4. The normalized spacial score (nSPS) is 15.6. The average Bonchev–Trinajstić information content (AvgIpc) is 2.57. The molecule has 0 radical (unpaired) electrons. The van der Waals surface area contributed by atoms with Crippen molar-refractivity contribution in [1.29, 1.82) is 0 Å². The number of hydrogen-bond donors (Lipinski definition) is 1. The van der Waals surface area contributed by atoms with Crippen LogP contribution in [0.3, 0.4) is 0 Å². The van der Waals surface area contributed by atoms with Gasteiger partial charge in [-0.25, -0.2) is 9.97 Å². The molecule has 5 nitrogen and oxygen atoms in total. The van der Waals surface area contributed by atoms with Crippen LogP contribution in [0.2, 0.25) is 0 Å². The van der Waals surface area contributed by atoms with Gasteiger partial charge in [-0.05, 0) is 55.0 Å². The van der Waals surface area contributed by atoms with Crippen LogP contribution in [-0.2, 0) is 4.79 Å². The van der Waals surface area contributed by atoms with E-state index in [9.17, 15) is 4.79 Å². The Kier molecular flexibility index (Phi) is 4.32. The van der Waals surface area contributed by atoms with Crippen molar-refractivity contribution < 1.29 is 4.79 Å². The fraction of sp³-hybridized carbons (Fsp3) is 0.353. The highest BCUT2D eigenvalue weighted by molar-refractivity contribution is 5.53.